The van der Waals surface area contributed by atoms with Gasteiger partial charge in [0.25, 0.3) is 0 Å². The third-order valence-corrected chi connectivity index (χ3v) is 13.0. The molecule has 0 heterocycles. The molecule has 3 atom stereocenters. The molecule has 0 rings (SSSR count). The van der Waals surface area contributed by atoms with E-state index >= 15 is 0 Å². The Morgan fingerprint density at radius 1 is 0.455 bits per heavy atom. The Morgan fingerprint density at radius 3 is 1.21 bits per heavy atom. The molecule has 0 aromatic rings. The van der Waals surface area contributed by atoms with Gasteiger partial charge in [-0.1, -0.05) is 293 Å². The number of aliphatic hydroxyl groups is 2. The first-order valence-electron chi connectivity index (χ1n) is 28.6. The van der Waals surface area contributed by atoms with Crippen molar-refractivity contribution in [1.29, 1.82) is 0 Å². The summed E-state index contributed by atoms with van der Waals surface area (Å²) in [6, 6.07) is -0.725. The number of unbranched alkanes of at least 4 members (excludes halogenated alkanes) is 33. The van der Waals surface area contributed by atoms with E-state index in [9.17, 15) is 19.8 Å². The third-order valence-electron chi connectivity index (χ3n) is 13.0. The van der Waals surface area contributed by atoms with Gasteiger partial charge < -0.3 is 20.3 Å². The highest BCUT2D eigenvalue weighted by Gasteiger charge is 2.24. The van der Waals surface area contributed by atoms with Crippen LogP contribution in [-0.4, -0.2) is 46.9 Å². The van der Waals surface area contributed by atoms with E-state index in [2.05, 4.69) is 38.2 Å². The summed E-state index contributed by atoms with van der Waals surface area (Å²) in [5, 5.41) is 23.8. The second-order valence-electron chi connectivity index (χ2n) is 19.4. The van der Waals surface area contributed by atoms with Crippen molar-refractivity contribution in [2.75, 3.05) is 6.61 Å². The van der Waals surface area contributed by atoms with Crippen LogP contribution in [0.2, 0.25) is 0 Å². The van der Waals surface area contributed by atoms with Crippen molar-refractivity contribution < 1.29 is 24.5 Å². The van der Waals surface area contributed by atoms with Crippen molar-refractivity contribution in [2.24, 2.45) is 0 Å². The fourth-order valence-electron chi connectivity index (χ4n) is 8.69. The molecule has 6 heteroatoms. The third kappa shape index (κ3) is 48.0. The van der Waals surface area contributed by atoms with E-state index in [4.69, 9.17) is 4.74 Å². The van der Waals surface area contributed by atoms with Crippen molar-refractivity contribution in [2.45, 2.75) is 302 Å². The first-order chi connectivity index (χ1) is 32.5. The molecule has 0 aromatic heterocycles. The number of nitrogens with one attached hydrogen (secondary N) is 1. The Morgan fingerprint density at radius 2 is 0.818 bits per heavy atom. The zero-order chi connectivity index (χ0) is 48.1. The molecule has 0 bridgehead atoms. The summed E-state index contributed by atoms with van der Waals surface area (Å²) in [6.07, 6.45) is 67.3. The largest absolute Gasteiger partial charge is 0.462 e. The van der Waals surface area contributed by atoms with Crippen molar-refractivity contribution in [3.8, 4) is 0 Å². The molecule has 3 unspecified atom stereocenters. The fourth-order valence-corrected chi connectivity index (χ4v) is 8.69. The van der Waals surface area contributed by atoms with E-state index in [1.54, 1.807) is 0 Å². The highest BCUT2D eigenvalue weighted by Crippen LogP contribution is 2.18. The number of hydrogen-bond donors (Lipinski definition) is 3. The SMILES string of the molecule is CC/C=C/C=C/C=C\C=C/C=C/CCCC(CC(=O)NC(CO)C(O)CCCCCCCCCCCCCCCCC)OC(=O)CCCCCCCCCCCCCCCCCCCCC. The zero-order valence-electron chi connectivity index (χ0n) is 43.8. The molecule has 0 aliphatic heterocycles. The molecule has 1 amide bonds. The van der Waals surface area contributed by atoms with E-state index < -0.39 is 18.2 Å². The number of aliphatic hydroxyl groups excluding tert-OH is 2. The number of rotatable bonds is 51. The molecule has 0 radical (unpaired) electrons. The molecule has 384 valence electrons. The van der Waals surface area contributed by atoms with Crippen LogP contribution in [0.5, 0.6) is 0 Å². The number of carbonyl (C=O) groups excluding carboxylic acids is 2. The molecule has 0 fully saturated rings. The number of allylic oxidation sites excluding steroid dienone is 10. The number of ether oxygens (including phenoxy) is 1. The molecule has 3 N–H and O–H groups in total. The molecule has 6 nitrogen and oxygen atoms in total. The van der Waals surface area contributed by atoms with Gasteiger partial charge in [0.2, 0.25) is 5.91 Å². The van der Waals surface area contributed by atoms with Crippen LogP contribution in [-0.2, 0) is 14.3 Å². The van der Waals surface area contributed by atoms with E-state index in [1.807, 2.05) is 48.6 Å². The van der Waals surface area contributed by atoms with Gasteiger partial charge in [0.15, 0.2) is 0 Å². The lowest BCUT2D eigenvalue weighted by molar-refractivity contribution is -0.151. The molecule has 0 saturated heterocycles. The van der Waals surface area contributed by atoms with Gasteiger partial charge in [-0.25, -0.2) is 0 Å². The fraction of sp³-hybridized carbons (Fsp3) is 0.800. The summed E-state index contributed by atoms with van der Waals surface area (Å²) in [5.74, 6) is -0.536. The van der Waals surface area contributed by atoms with Gasteiger partial charge in [-0.15, -0.1) is 0 Å². The van der Waals surface area contributed by atoms with Gasteiger partial charge in [0, 0.05) is 6.42 Å². The van der Waals surface area contributed by atoms with Gasteiger partial charge in [-0.3, -0.25) is 9.59 Å². The average Bonchev–Trinajstić information content (AvgIpc) is 3.31. The minimum absolute atomic E-state index is 0.0302. The van der Waals surface area contributed by atoms with Crippen LogP contribution in [0.1, 0.15) is 284 Å². The number of hydrogen-bond acceptors (Lipinski definition) is 5. The van der Waals surface area contributed by atoms with Crippen LogP contribution in [0.25, 0.3) is 0 Å². The number of carbonyl (C=O) groups is 2. The van der Waals surface area contributed by atoms with E-state index in [0.717, 1.165) is 57.8 Å². The normalized spacial score (nSPS) is 13.6. The first-order valence-corrected chi connectivity index (χ1v) is 28.6. The molecule has 0 aliphatic carbocycles. The zero-order valence-corrected chi connectivity index (χ0v) is 43.8. The molecule has 66 heavy (non-hydrogen) atoms. The Labute approximate surface area is 409 Å². The maximum Gasteiger partial charge on any atom is 0.306 e. The lowest BCUT2D eigenvalue weighted by Crippen LogP contribution is -2.46. The van der Waals surface area contributed by atoms with Crippen LogP contribution < -0.4 is 5.32 Å². The smallest absolute Gasteiger partial charge is 0.306 e. The van der Waals surface area contributed by atoms with Crippen LogP contribution in [0.4, 0.5) is 0 Å². The molecular weight excluding hydrogens is 815 g/mol. The van der Waals surface area contributed by atoms with E-state index in [1.165, 1.54) is 180 Å². The van der Waals surface area contributed by atoms with Gasteiger partial charge in [0.1, 0.15) is 6.10 Å². The molecule has 0 spiro atoms. The van der Waals surface area contributed by atoms with Gasteiger partial charge in [-0.2, -0.15) is 0 Å². The van der Waals surface area contributed by atoms with Crippen molar-refractivity contribution >= 4 is 11.9 Å². The Balaban J connectivity index is 4.55. The second kappa shape index (κ2) is 53.5. The minimum Gasteiger partial charge on any atom is -0.462 e. The first kappa shape index (κ1) is 63.6. The van der Waals surface area contributed by atoms with E-state index in [0.29, 0.717) is 19.3 Å². The summed E-state index contributed by atoms with van der Waals surface area (Å²) in [4.78, 5) is 26.2. The Hall–Kier alpha value is -2.44. The lowest BCUT2D eigenvalue weighted by atomic mass is 10.0. The summed E-state index contributed by atoms with van der Waals surface area (Å²) in [5.41, 5.74) is 0. The number of esters is 1. The number of amides is 1. The molecule has 0 aromatic carbocycles. The predicted molar refractivity (Wildman–Crippen MR) is 287 cm³/mol. The van der Waals surface area contributed by atoms with Crippen LogP contribution in [0, 0.1) is 0 Å². The Bertz CT molecular complexity index is 1170. The van der Waals surface area contributed by atoms with Crippen molar-refractivity contribution in [3.63, 3.8) is 0 Å². The van der Waals surface area contributed by atoms with E-state index in [-0.39, 0.29) is 24.9 Å². The van der Waals surface area contributed by atoms with Gasteiger partial charge >= 0.3 is 5.97 Å². The minimum atomic E-state index is -0.807. The maximum absolute atomic E-state index is 13.2. The highest BCUT2D eigenvalue weighted by atomic mass is 16.5. The highest BCUT2D eigenvalue weighted by molar-refractivity contribution is 5.77. The van der Waals surface area contributed by atoms with Crippen molar-refractivity contribution in [3.05, 3.63) is 60.8 Å². The standard InChI is InChI=1S/C60H109NO5/c1-4-7-10-13-16-19-22-25-27-28-29-30-32-35-38-41-44-47-50-53-60(65)66-56(51-48-45-42-39-36-33-24-21-18-15-12-9-6-3)54-59(64)61-57(55-62)58(63)52-49-46-43-40-37-34-31-26-23-20-17-14-11-8-5-2/h9,12,15,18,21,24,33,36,39,42,56-58,62-63H,4-8,10-11,13-14,16-17,19-20,22-23,25-32,34-35,37-38,40-41,43-55H2,1-3H3,(H,61,64)/b12-9+,18-15+,24-21-,36-33-,42-39+. The lowest BCUT2D eigenvalue weighted by Gasteiger charge is -2.24. The topological polar surface area (TPSA) is 95.9 Å². The average molecular weight is 925 g/mol. The predicted octanol–water partition coefficient (Wildman–Crippen LogP) is 17.6. The summed E-state index contributed by atoms with van der Waals surface area (Å²) in [7, 11) is 0. The summed E-state index contributed by atoms with van der Waals surface area (Å²) in [6.45, 7) is 6.35. The second-order valence-corrected chi connectivity index (χ2v) is 19.4. The summed E-state index contributed by atoms with van der Waals surface area (Å²) < 4.78 is 5.92. The van der Waals surface area contributed by atoms with Crippen LogP contribution >= 0.6 is 0 Å². The molecule has 0 aliphatic rings. The molecule has 0 saturated carbocycles. The summed E-state index contributed by atoms with van der Waals surface area (Å²) >= 11 is 0. The Kier molecular flexibility index (Phi) is 51.5. The monoisotopic (exact) mass is 924 g/mol. The van der Waals surface area contributed by atoms with Gasteiger partial charge in [-0.05, 0) is 38.5 Å². The van der Waals surface area contributed by atoms with Crippen LogP contribution in [0.15, 0.2) is 60.8 Å². The molecular formula is C60H109NO5. The quantitative estimate of drug-likeness (QED) is 0.0321. The van der Waals surface area contributed by atoms with Crippen LogP contribution in [0.3, 0.4) is 0 Å². The maximum atomic E-state index is 13.2. The van der Waals surface area contributed by atoms with Gasteiger partial charge in [0.05, 0.1) is 25.2 Å². The van der Waals surface area contributed by atoms with Crippen molar-refractivity contribution in [1.82, 2.24) is 5.32 Å².